The number of hydrogen-bond acceptors (Lipinski definition) is 7. The maximum atomic E-state index is 14.1. The van der Waals surface area contributed by atoms with Gasteiger partial charge in [0, 0.05) is 39.3 Å². The second-order valence-electron chi connectivity index (χ2n) is 10.1. The molecule has 0 aromatic heterocycles. The van der Waals surface area contributed by atoms with E-state index in [-0.39, 0.29) is 30.5 Å². The number of hydrogen-bond donors (Lipinski definition) is 4. The minimum Gasteiger partial charge on any atom is -0.478 e. The van der Waals surface area contributed by atoms with Gasteiger partial charge in [-0.15, -0.1) is 0 Å². The van der Waals surface area contributed by atoms with E-state index in [1.165, 1.54) is 7.11 Å². The molecular weight excluding hydrogens is 550 g/mol. The minimum absolute atomic E-state index is 0.0945. The smallest absolute Gasteiger partial charge is 0.335 e. The van der Waals surface area contributed by atoms with Crippen molar-refractivity contribution in [2.24, 2.45) is 0 Å². The van der Waals surface area contributed by atoms with Crippen molar-refractivity contribution in [3.05, 3.63) is 76.0 Å². The molecule has 11 nitrogen and oxygen atoms in total. The number of nitrogens with zero attached hydrogens (tertiary/aromatic N) is 3. The van der Waals surface area contributed by atoms with Crippen molar-refractivity contribution in [1.82, 2.24) is 20.9 Å². The molecule has 0 aliphatic carbocycles. The average Bonchev–Trinajstić information content (AvgIpc) is 2.96. The number of amides is 4. The van der Waals surface area contributed by atoms with E-state index in [0.717, 1.165) is 55.4 Å². The maximum absolute atomic E-state index is 14.1. The van der Waals surface area contributed by atoms with Gasteiger partial charge >= 0.3 is 18.0 Å². The van der Waals surface area contributed by atoms with Crippen LogP contribution in [0.1, 0.15) is 35.6 Å². The van der Waals surface area contributed by atoms with Gasteiger partial charge in [-0.1, -0.05) is 12.1 Å². The van der Waals surface area contributed by atoms with Crippen molar-refractivity contribution < 1.29 is 33.0 Å². The van der Waals surface area contributed by atoms with Crippen LogP contribution in [-0.2, 0) is 9.53 Å². The number of carbonyl (C=O) groups is 3. The molecule has 13 heteroatoms. The largest absolute Gasteiger partial charge is 0.478 e. The molecule has 1 atom stereocenters. The SMILES string of the molecule is COCC1=C(C(=O)O)C(c2ccc(F)c(F)c2)N(C(=O)NCCNC2CCN(c3ccc(C)cc3C#N)CC2)C(=O)N1. The van der Waals surface area contributed by atoms with Gasteiger partial charge in [0.2, 0.25) is 0 Å². The Labute approximate surface area is 241 Å². The summed E-state index contributed by atoms with van der Waals surface area (Å²) in [6.45, 7) is 3.64. The Morgan fingerprint density at radius 2 is 1.88 bits per heavy atom. The Morgan fingerprint density at radius 1 is 1.14 bits per heavy atom. The molecule has 1 unspecified atom stereocenters. The van der Waals surface area contributed by atoms with Crippen molar-refractivity contribution in [3.8, 4) is 6.07 Å². The molecule has 0 saturated carbocycles. The third-order valence-corrected chi connectivity index (χ3v) is 7.27. The number of benzene rings is 2. The third-order valence-electron chi connectivity index (χ3n) is 7.27. The van der Waals surface area contributed by atoms with E-state index < -0.39 is 41.3 Å². The molecule has 1 fully saturated rings. The monoisotopic (exact) mass is 582 g/mol. The zero-order valence-corrected chi connectivity index (χ0v) is 23.2. The number of carboxylic acids is 1. The highest BCUT2D eigenvalue weighted by Crippen LogP contribution is 2.34. The number of halogens is 2. The lowest BCUT2D eigenvalue weighted by Crippen LogP contribution is -2.55. The van der Waals surface area contributed by atoms with Gasteiger partial charge in [-0.25, -0.2) is 28.1 Å². The highest BCUT2D eigenvalue weighted by atomic mass is 19.2. The molecule has 4 amide bonds. The molecule has 0 spiro atoms. The zero-order valence-electron chi connectivity index (χ0n) is 23.2. The van der Waals surface area contributed by atoms with Crippen LogP contribution in [0.5, 0.6) is 0 Å². The first-order chi connectivity index (χ1) is 20.1. The first-order valence-corrected chi connectivity index (χ1v) is 13.4. The summed E-state index contributed by atoms with van der Waals surface area (Å²) in [4.78, 5) is 41.2. The van der Waals surface area contributed by atoms with Crippen molar-refractivity contribution in [2.45, 2.75) is 31.8 Å². The predicted molar refractivity (Wildman–Crippen MR) is 149 cm³/mol. The summed E-state index contributed by atoms with van der Waals surface area (Å²) >= 11 is 0. The van der Waals surface area contributed by atoms with Gasteiger partial charge < -0.3 is 30.7 Å². The fourth-order valence-electron chi connectivity index (χ4n) is 5.25. The number of aryl methyl sites for hydroxylation is 1. The number of nitrogens with one attached hydrogen (secondary N) is 3. The van der Waals surface area contributed by atoms with Gasteiger partial charge in [0.15, 0.2) is 11.6 Å². The topological polar surface area (TPSA) is 147 Å². The summed E-state index contributed by atoms with van der Waals surface area (Å²) in [6.07, 6.45) is 1.63. The summed E-state index contributed by atoms with van der Waals surface area (Å²) in [5, 5.41) is 27.8. The van der Waals surface area contributed by atoms with E-state index in [1.807, 2.05) is 25.1 Å². The van der Waals surface area contributed by atoms with E-state index in [9.17, 15) is 33.5 Å². The Morgan fingerprint density at radius 3 is 2.52 bits per heavy atom. The van der Waals surface area contributed by atoms with Crippen LogP contribution in [0.2, 0.25) is 0 Å². The Balaban J connectivity index is 1.39. The van der Waals surface area contributed by atoms with Crippen molar-refractivity contribution >= 4 is 23.7 Å². The molecule has 4 rings (SSSR count). The summed E-state index contributed by atoms with van der Waals surface area (Å²) in [7, 11) is 1.30. The molecule has 2 aliphatic heterocycles. The van der Waals surface area contributed by atoms with Crippen LogP contribution in [0, 0.1) is 29.9 Å². The maximum Gasteiger partial charge on any atom is 0.335 e. The Kier molecular flexibility index (Phi) is 9.72. The van der Waals surface area contributed by atoms with Crippen LogP contribution in [-0.4, -0.2) is 74.0 Å². The molecule has 0 bridgehead atoms. The first-order valence-electron chi connectivity index (χ1n) is 13.4. The number of aliphatic carboxylic acids is 1. The normalized spacial score (nSPS) is 17.6. The van der Waals surface area contributed by atoms with E-state index in [0.29, 0.717) is 17.0 Å². The van der Waals surface area contributed by atoms with Gasteiger partial charge in [0.25, 0.3) is 0 Å². The number of anilines is 1. The number of carbonyl (C=O) groups excluding carboxylic acids is 2. The van der Waals surface area contributed by atoms with Crippen LogP contribution >= 0.6 is 0 Å². The fourth-order valence-corrected chi connectivity index (χ4v) is 5.25. The molecule has 42 heavy (non-hydrogen) atoms. The number of urea groups is 2. The van der Waals surface area contributed by atoms with Crippen LogP contribution < -0.4 is 20.9 Å². The molecule has 222 valence electrons. The number of ether oxygens (including phenoxy) is 1. The van der Waals surface area contributed by atoms with E-state index in [2.05, 4.69) is 26.9 Å². The Hall–Kier alpha value is -4.54. The van der Waals surface area contributed by atoms with Gasteiger partial charge in [-0.2, -0.15) is 5.26 Å². The number of rotatable bonds is 9. The number of methoxy groups -OCH3 is 1. The number of piperidine rings is 1. The Bertz CT molecular complexity index is 1430. The number of nitriles is 1. The van der Waals surface area contributed by atoms with Crippen LogP contribution in [0.3, 0.4) is 0 Å². The lowest BCUT2D eigenvalue weighted by Gasteiger charge is -2.36. The second kappa shape index (κ2) is 13.4. The quantitative estimate of drug-likeness (QED) is 0.330. The highest BCUT2D eigenvalue weighted by Gasteiger charge is 2.42. The molecule has 1 saturated heterocycles. The molecule has 2 aromatic carbocycles. The second-order valence-corrected chi connectivity index (χ2v) is 10.1. The van der Waals surface area contributed by atoms with E-state index >= 15 is 0 Å². The summed E-state index contributed by atoms with van der Waals surface area (Å²) in [5.41, 5.74) is 1.97. The lowest BCUT2D eigenvalue weighted by molar-refractivity contribution is -0.133. The number of carboxylic acid groups (broad SMARTS) is 1. The predicted octanol–water partition coefficient (Wildman–Crippen LogP) is 3.16. The average molecular weight is 583 g/mol. The van der Waals surface area contributed by atoms with E-state index in [1.54, 1.807) is 0 Å². The molecule has 2 heterocycles. The molecule has 0 radical (unpaired) electrons. The van der Waals surface area contributed by atoms with Crippen LogP contribution in [0.15, 0.2) is 47.7 Å². The van der Waals surface area contributed by atoms with E-state index in [4.69, 9.17) is 4.74 Å². The van der Waals surface area contributed by atoms with Gasteiger partial charge in [-0.3, -0.25) is 0 Å². The molecule has 4 N–H and O–H groups in total. The van der Waals surface area contributed by atoms with Gasteiger partial charge in [0.05, 0.1) is 29.1 Å². The van der Waals surface area contributed by atoms with Crippen molar-refractivity contribution in [1.29, 1.82) is 5.26 Å². The van der Waals surface area contributed by atoms with Crippen LogP contribution in [0.25, 0.3) is 0 Å². The first kappa shape index (κ1) is 30.4. The summed E-state index contributed by atoms with van der Waals surface area (Å²) in [6, 6.07) is 7.55. The lowest BCUT2D eigenvalue weighted by atomic mass is 9.93. The molecular formula is C29H32F2N6O5. The third kappa shape index (κ3) is 6.67. The standard InChI is InChI=1S/C29H32F2N6O5/c1-17-3-6-24(19(13-17)15-32)36-11-7-20(8-12-36)33-9-10-34-28(40)37-26(18-4-5-21(30)22(31)14-18)25(27(38)39)23(16-42-2)35-29(37)41/h3-6,13-14,20,26,33H,7-12,16H2,1-2H3,(H,34,40)(H,35,41)(H,38,39). The minimum atomic E-state index is -1.53. The van der Waals surface area contributed by atoms with Crippen molar-refractivity contribution in [2.75, 3.05) is 44.8 Å². The van der Waals surface area contributed by atoms with Crippen molar-refractivity contribution in [3.63, 3.8) is 0 Å². The molecule has 2 aliphatic rings. The fraction of sp³-hybridized carbons (Fsp3) is 0.379. The number of imide groups is 1. The summed E-state index contributed by atoms with van der Waals surface area (Å²) in [5.74, 6) is -3.87. The van der Waals surface area contributed by atoms with Gasteiger partial charge in [0.1, 0.15) is 12.1 Å². The molecule has 2 aromatic rings. The highest BCUT2D eigenvalue weighted by molar-refractivity contribution is 6.01. The van der Waals surface area contributed by atoms with Crippen LogP contribution in [0.4, 0.5) is 24.1 Å². The summed E-state index contributed by atoms with van der Waals surface area (Å²) < 4.78 is 32.8. The van der Waals surface area contributed by atoms with Gasteiger partial charge in [-0.05, 0) is 55.2 Å². The zero-order chi connectivity index (χ0) is 30.4.